The molecule has 3 N–H and O–H groups in total. The molecule has 0 amide bonds. The van der Waals surface area contributed by atoms with Crippen LogP contribution in [0.1, 0.15) is 93.9 Å². The Morgan fingerprint density at radius 3 is 2.16 bits per heavy atom. The molecule has 0 heterocycles. The molecule has 4 aliphatic carbocycles. The third-order valence-electron chi connectivity index (χ3n) is 12.1. The summed E-state index contributed by atoms with van der Waals surface area (Å²) in [4.78, 5) is 38.2. The highest BCUT2D eigenvalue weighted by molar-refractivity contribution is 5.90. The highest BCUT2D eigenvalue weighted by Gasteiger charge is 2.76. The molecule has 0 aromatic carbocycles. The Morgan fingerprint density at radius 2 is 1.60 bits per heavy atom. The van der Waals surface area contributed by atoms with Gasteiger partial charge in [0.2, 0.25) is 0 Å². The zero-order chi connectivity index (χ0) is 32.2. The van der Waals surface area contributed by atoms with Crippen molar-refractivity contribution in [2.45, 2.75) is 124 Å². The Morgan fingerprint density at radius 1 is 0.977 bits per heavy atom. The Kier molecular flexibility index (Phi) is 9.34. The highest BCUT2D eigenvalue weighted by Crippen LogP contribution is 2.74. The van der Waals surface area contributed by atoms with Gasteiger partial charge in [0.1, 0.15) is 12.2 Å². The summed E-state index contributed by atoms with van der Waals surface area (Å²) in [6, 6.07) is 0. The van der Waals surface area contributed by atoms with E-state index in [1.165, 1.54) is 21.0 Å². The van der Waals surface area contributed by atoms with Crippen LogP contribution in [0, 0.1) is 39.9 Å². The maximum Gasteiger partial charge on any atom is 0.333 e. The number of esters is 3. The SMILES string of the molecule is COC(=O)C(CCC=C(C)C)=C1C(OC(C)=O)CC2(C)C1CC(O)C1C3(C)CCC(O)C(C)C3C(OC(C)=O)C(O)C12C. The van der Waals surface area contributed by atoms with Crippen molar-refractivity contribution in [2.24, 2.45) is 39.9 Å². The van der Waals surface area contributed by atoms with Crippen LogP contribution in [-0.4, -0.2) is 70.9 Å². The number of aliphatic hydroxyl groups is 3. The summed E-state index contributed by atoms with van der Waals surface area (Å²) in [5.41, 5.74) is -0.132. The molecule has 12 unspecified atom stereocenters. The quantitative estimate of drug-likeness (QED) is 0.176. The molecular weight excluding hydrogens is 552 g/mol. The fraction of sp³-hybridized carbons (Fsp3) is 0.794. The van der Waals surface area contributed by atoms with Crippen molar-refractivity contribution in [3.63, 3.8) is 0 Å². The average molecular weight is 605 g/mol. The lowest BCUT2D eigenvalue weighted by Gasteiger charge is -2.71. The Labute approximate surface area is 256 Å². The van der Waals surface area contributed by atoms with Crippen LogP contribution in [-0.2, 0) is 28.6 Å². The summed E-state index contributed by atoms with van der Waals surface area (Å²) in [6.07, 6.45) is 0.472. The van der Waals surface area contributed by atoms with Gasteiger partial charge in [-0.25, -0.2) is 4.79 Å². The van der Waals surface area contributed by atoms with Crippen molar-refractivity contribution < 1.29 is 43.9 Å². The standard InChI is InChI=1S/C34H52O9/c1-17(2)11-10-12-21(31(40)41-9)26-22-15-24(38)29-32(6)14-13-23(37)18(3)27(32)28(43-20(5)36)30(39)34(29,8)33(22,7)16-25(26)42-19(4)35/h11,18,22-25,27-30,37-39H,10,12-16H2,1-9H3. The molecule has 0 spiro atoms. The summed E-state index contributed by atoms with van der Waals surface area (Å²) < 4.78 is 17.1. The Balaban J connectivity index is 1.95. The second-order valence-corrected chi connectivity index (χ2v) is 14.6. The van der Waals surface area contributed by atoms with Gasteiger partial charge in [-0.15, -0.1) is 0 Å². The normalized spacial score (nSPS) is 44.7. The van der Waals surface area contributed by atoms with Gasteiger partial charge < -0.3 is 29.5 Å². The minimum absolute atomic E-state index is 0.270. The van der Waals surface area contributed by atoms with E-state index in [0.29, 0.717) is 49.7 Å². The lowest BCUT2D eigenvalue weighted by atomic mass is 9.35. The second kappa shape index (κ2) is 11.9. The van der Waals surface area contributed by atoms with E-state index < -0.39 is 76.5 Å². The van der Waals surface area contributed by atoms with E-state index in [-0.39, 0.29) is 11.8 Å². The lowest BCUT2D eigenvalue weighted by Crippen LogP contribution is -2.74. The van der Waals surface area contributed by atoms with Crippen molar-refractivity contribution in [3.8, 4) is 0 Å². The van der Waals surface area contributed by atoms with Gasteiger partial charge in [0, 0.05) is 30.8 Å². The monoisotopic (exact) mass is 604 g/mol. The number of methoxy groups -OCH3 is 1. The summed E-state index contributed by atoms with van der Waals surface area (Å²) in [7, 11) is 1.33. The summed E-state index contributed by atoms with van der Waals surface area (Å²) in [6.45, 7) is 14.7. The molecule has 0 bridgehead atoms. The summed E-state index contributed by atoms with van der Waals surface area (Å²) in [5.74, 6) is -2.96. The molecular formula is C34H52O9. The van der Waals surface area contributed by atoms with Crippen molar-refractivity contribution in [1.82, 2.24) is 0 Å². The molecule has 0 aromatic heterocycles. The topological polar surface area (TPSA) is 140 Å². The van der Waals surface area contributed by atoms with Crippen LogP contribution in [0.15, 0.2) is 22.8 Å². The van der Waals surface area contributed by atoms with E-state index >= 15 is 0 Å². The lowest BCUT2D eigenvalue weighted by molar-refractivity contribution is -0.307. The molecule has 9 heteroatoms. The molecule has 4 saturated carbocycles. The zero-order valence-corrected chi connectivity index (χ0v) is 27.3. The van der Waals surface area contributed by atoms with Gasteiger partial charge in [-0.3, -0.25) is 9.59 Å². The van der Waals surface area contributed by atoms with Gasteiger partial charge in [0.15, 0.2) is 0 Å². The first-order valence-corrected chi connectivity index (χ1v) is 15.8. The maximum absolute atomic E-state index is 13.3. The fourth-order valence-electron chi connectivity index (χ4n) is 10.3. The number of aliphatic hydroxyl groups excluding tert-OH is 3. The smallest absolute Gasteiger partial charge is 0.333 e. The van der Waals surface area contributed by atoms with Crippen molar-refractivity contribution in [3.05, 3.63) is 22.8 Å². The molecule has 9 nitrogen and oxygen atoms in total. The largest absolute Gasteiger partial charge is 0.466 e. The molecule has 0 radical (unpaired) electrons. The predicted molar refractivity (Wildman–Crippen MR) is 159 cm³/mol. The van der Waals surface area contributed by atoms with E-state index in [4.69, 9.17) is 14.2 Å². The number of hydrogen-bond acceptors (Lipinski definition) is 9. The van der Waals surface area contributed by atoms with Crippen molar-refractivity contribution in [2.75, 3.05) is 7.11 Å². The first-order valence-electron chi connectivity index (χ1n) is 15.8. The third-order valence-corrected chi connectivity index (χ3v) is 12.1. The summed E-state index contributed by atoms with van der Waals surface area (Å²) >= 11 is 0. The molecule has 4 aliphatic rings. The van der Waals surface area contributed by atoms with E-state index in [1.54, 1.807) is 0 Å². The molecule has 0 aliphatic heterocycles. The molecule has 0 saturated heterocycles. The first kappa shape index (κ1) is 33.7. The number of ether oxygens (including phenoxy) is 3. The van der Waals surface area contributed by atoms with E-state index in [1.807, 2.05) is 33.8 Å². The number of fused-ring (bicyclic) bond motifs is 5. The fourth-order valence-corrected chi connectivity index (χ4v) is 10.3. The first-order chi connectivity index (χ1) is 19.9. The second-order valence-electron chi connectivity index (χ2n) is 14.6. The molecule has 0 aromatic rings. The van der Waals surface area contributed by atoms with Crippen LogP contribution in [0.25, 0.3) is 0 Å². The van der Waals surface area contributed by atoms with Crippen LogP contribution in [0.3, 0.4) is 0 Å². The van der Waals surface area contributed by atoms with Gasteiger partial charge in [-0.05, 0) is 86.5 Å². The van der Waals surface area contributed by atoms with Gasteiger partial charge in [-0.2, -0.15) is 0 Å². The molecule has 43 heavy (non-hydrogen) atoms. The average Bonchev–Trinajstić information content (AvgIpc) is 3.17. The van der Waals surface area contributed by atoms with Gasteiger partial charge in [0.05, 0.1) is 25.4 Å². The van der Waals surface area contributed by atoms with E-state index in [2.05, 4.69) is 13.8 Å². The summed E-state index contributed by atoms with van der Waals surface area (Å²) in [5, 5.41) is 35.5. The number of carbonyl (C=O) groups is 3. The Bertz CT molecular complexity index is 1190. The van der Waals surface area contributed by atoms with Crippen LogP contribution < -0.4 is 0 Å². The van der Waals surface area contributed by atoms with E-state index in [0.717, 1.165) is 5.57 Å². The van der Waals surface area contributed by atoms with Crippen molar-refractivity contribution in [1.29, 1.82) is 0 Å². The van der Waals surface area contributed by atoms with Crippen LogP contribution >= 0.6 is 0 Å². The maximum atomic E-state index is 13.3. The number of carbonyl (C=O) groups excluding carboxylic acids is 3. The molecule has 12 atom stereocenters. The van der Waals surface area contributed by atoms with E-state index in [9.17, 15) is 29.7 Å². The van der Waals surface area contributed by atoms with Gasteiger partial charge >= 0.3 is 17.9 Å². The number of hydrogen-bond donors (Lipinski definition) is 3. The minimum atomic E-state index is -1.18. The highest BCUT2D eigenvalue weighted by atomic mass is 16.6. The molecule has 4 fully saturated rings. The van der Waals surface area contributed by atoms with Gasteiger partial charge in [-0.1, -0.05) is 39.3 Å². The zero-order valence-electron chi connectivity index (χ0n) is 27.3. The molecule has 4 rings (SSSR count). The van der Waals surface area contributed by atoms with Crippen LogP contribution in [0.4, 0.5) is 0 Å². The minimum Gasteiger partial charge on any atom is -0.466 e. The van der Waals surface area contributed by atoms with Crippen LogP contribution in [0.2, 0.25) is 0 Å². The Hall–Kier alpha value is -2.23. The third kappa shape index (κ3) is 5.27. The van der Waals surface area contributed by atoms with Crippen LogP contribution in [0.5, 0.6) is 0 Å². The van der Waals surface area contributed by atoms with Gasteiger partial charge in [0.25, 0.3) is 0 Å². The molecule has 242 valence electrons. The number of allylic oxidation sites excluding steroid dienone is 2. The van der Waals surface area contributed by atoms with Crippen molar-refractivity contribution >= 4 is 17.9 Å². The number of rotatable bonds is 6. The predicted octanol–water partition coefficient (Wildman–Crippen LogP) is 4.27.